The van der Waals surface area contributed by atoms with Gasteiger partial charge in [0.2, 0.25) is 5.88 Å². The summed E-state index contributed by atoms with van der Waals surface area (Å²) >= 11 is 3.42. The Morgan fingerprint density at radius 1 is 1.28 bits per heavy atom. The van der Waals surface area contributed by atoms with Gasteiger partial charge in [-0.2, -0.15) is 0 Å². The summed E-state index contributed by atoms with van der Waals surface area (Å²) in [6, 6.07) is 5.67. The Bertz CT molecular complexity index is 546. The summed E-state index contributed by atoms with van der Waals surface area (Å²) in [7, 11) is 1.60. The molecule has 5 heteroatoms. The van der Waals surface area contributed by atoms with Crippen molar-refractivity contribution in [2.45, 2.75) is 19.8 Å². The van der Waals surface area contributed by atoms with Crippen LogP contribution in [0.2, 0.25) is 0 Å². The highest BCUT2D eigenvalue weighted by molar-refractivity contribution is 9.10. The van der Waals surface area contributed by atoms with E-state index in [0.717, 1.165) is 34.5 Å². The highest BCUT2D eigenvalue weighted by Gasteiger charge is 2.06. The Morgan fingerprint density at radius 3 is 2.83 bits per heavy atom. The number of hydrogen-bond acceptors (Lipinski definition) is 4. The van der Waals surface area contributed by atoms with Crippen LogP contribution in [-0.2, 0) is 6.42 Å². The fourth-order valence-corrected chi connectivity index (χ4v) is 2.05. The third kappa shape index (κ3) is 3.04. The van der Waals surface area contributed by atoms with Gasteiger partial charge < -0.3 is 4.74 Å². The van der Waals surface area contributed by atoms with Crippen molar-refractivity contribution in [3.63, 3.8) is 0 Å². The van der Waals surface area contributed by atoms with Crippen LogP contribution in [0.4, 0.5) is 0 Å². The summed E-state index contributed by atoms with van der Waals surface area (Å²) in [4.78, 5) is 13.0. The van der Waals surface area contributed by atoms with Gasteiger partial charge >= 0.3 is 0 Å². The van der Waals surface area contributed by atoms with Crippen molar-refractivity contribution in [1.82, 2.24) is 15.0 Å². The largest absolute Gasteiger partial charge is 0.481 e. The smallest absolute Gasteiger partial charge is 0.213 e. The van der Waals surface area contributed by atoms with Crippen molar-refractivity contribution in [3.8, 4) is 17.1 Å². The molecular formula is C13H14BrN3O. The molecule has 0 spiro atoms. The highest BCUT2D eigenvalue weighted by Crippen LogP contribution is 2.22. The van der Waals surface area contributed by atoms with E-state index in [9.17, 15) is 0 Å². The number of nitrogens with zero attached hydrogens (tertiary/aromatic N) is 3. The lowest BCUT2D eigenvalue weighted by Gasteiger charge is -2.06. The molecule has 4 nitrogen and oxygen atoms in total. The number of ether oxygens (including phenoxy) is 1. The monoisotopic (exact) mass is 307 g/mol. The summed E-state index contributed by atoms with van der Waals surface area (Å²) in [5, 5.41) is 0. The second-order valence-electron chi connectivity index (χ2n) is 3.83. The number of rotatable bonds is 4. The zero-order chi connectivity index (χ0) is 13.0. The Morgan fingerprint density at radius 2 is 2.11 bits per heavy atom. The van der Waals surface area contributed by atoms with Crippen LogP contribution in [0.5, 0.6) is 5.88 Å². The molecule has 94 valence electrons. The second kappa shape index (κ2) is 5.91. The third-order valence-electron chi connectivity index (χ3n) is 2.45. The van der Waals surface area contributed by atoms with E-state index in [4.69, 9.17) is 4.74 Å². The molecule has 18 heavy (non-hydrogen) atoms. The molecule has 0 amide bonds. The van der Waals surface area contributed by atoms with E-state index in [-0.39, 0.29) is 0 Å². The molecule has 0 radical (unpaired) electrons. The SMILES string of the molecule is CCCc1nc(Br)cc(-c2ccnc(OC)c2)n1. The topological polar surface area (TPSA) is 47.9 Å². The van der Waals surface area contributed by atoms with E-state index in [1.165, 1.54) is 0 Å². The summed E-state index contributed by atoms with van der Waals surface area (Å²) in [5.74, 6) is 1.43. The van der Waals surface area contributed by atoms with Gasteiger partial charge in [-0.05, 0) is 34.5 Å². The van der Waals surface area contributed by atoms with Crippen molar-refractivity contribution in [3.05, 3.63) is 34.8 Å². The predicted molar refractivity (Wildman–Crippen MR) is 73.5 cm³/mol. The molecule has 0 bridgehead atoms. The molecule has 0 unspecified atom stereocenters. The van der Waals surface area contributed by atoms with Crippen molar-refractivity contribution >= 4 is 15.9 Å². The number of halogens is 1. The standard InChI is InChI=1S/C13H14BrN3O/c1-3-4-12-16-10(8-11(14)17-12)9-5-6-15-13(7-9)18-2/h5-8H,3-4H2,1-2H3. The lowest BCUT2D eigenvalue weighted by atomic mass is 10.2. The summed E-state index contributed by atoms with van der Waals surface area (Å²) in [6.45, 7) is 2.11. The van der Waals surface area contributed by atoms with Crippen molar-refractivity contribution in [2.75, 3.05) is 7.11 Å². The third-order valence-corrected chi connectivity index (χ3v) is 2.86. The molecule has 2 heterocycles. The van der Waals surface area contributed by atoms with E-state index in [0.29, 0.717) is 5.88 Å². The van der Waals surface area contributed by atoms with Crippen LogP contribution in [0.25, 0.3) is 11.3 Å². The fraction of sp³-hybridized carbons (Fsp3) is 0.308. The summed E-state index contributed by atoms with van der Waals surface area (Å²) in [5.41, 5.74) is 1.85. The van der Waals surface area contributed by atoms with Crippen LogP contribution >= 0.6 is 15.9 Å². The van der Waals surface area contributed by atoms with Crippen LogP contribution < -0.4 is 4.74 Å². The highest BCUT2D eigenvalue weighted by atomic mass is 79.9. The van der Waals surface area contributed by atoms with Crippen LogP contribution in [0, 0.1) is 0 Å². The van der Waals surface area contributed by atoms with Crippen LogP contribution in [-0.4, -0.2) is 22.1 Å². The molecule has 0 aliphatic rings. The number of methoxy groups -OCH3 is 1. The zero-order valence-corrected chi connectivity index (χ0v) is 11.9. The molecule has 0 saturated heterocycles. The van der Waals surface area contributed by atoms with Gasteiger partial charge in [0.1, 0.15) is 10.4 Å². The van der Waals surface area contributed by atoms with Crippen LogP contribution in [0.1, 0.15) is 19.2 Å². The molecular weight excluding hydrogens is 294 g/mol. The van der Waals surface area contributed by atoms with E-state index in [1.54, 1.807) is 13.3 Å². The summed E-state index contributed by atoms with van der Waals surface area (Å²) < 4.78 is 5.92. The predicted octanol–water partition coefficient (Wildman–Crippen LogP) is 3.26. The zero-order valence-electron chi connectivity index (χ0n) is 10.4. The molecule has 0 N–H and O–H groups in total. The maximum atomic E-state index is 5.12. The molecule has 0 aliphatic heterocycles. The average molecular weight is 308 g/mol. The van der Waals surface area contributed by atoms with Gasteiger partial charge in [-0.1, -0.05) is 6.92 Å². The van der Waals surface area contributed by atoms with Gasteiger partial charge in [0.05, 0.1) is 12.8 Å². The Balaban J connectivity index is 2.42. The number of aromatic nitrogens is 3. The molecule has 0 fully saturated rings. The van der Waals surface area contributed by atoms with Crippen LogP contribution in [0.15, 0.2) is 29.0 Å². The minimum absolute atomic E-state index is 0.583. The first-order valence-corrected chi connectivity index (χ1v) is 6.56. The molecule has 2 aromatic heterocycles. The summed E-state index contributed by atoms with van der Waals surface area (Å²) in [6.07, 6.45) is 3.61. The molecule has 2 rings (SSSR count). The Kier molecular flexibility index (Phi) is 4.25. The number of pyridine rings is 1. The van der Waals surface area contributed by atoms with E-state index in [2.05, 4.69) is 37.8 Å². The van der Waals surface area contributed by atoms with Gasteiger partial charge in [0, 0.05) is 24.2 Å². The van der Waals surface area contributed by atoms with E-state index >= 15 is 0 Å². The normalized spacial score (nSPS) is 10.4. The van der Waals surface area contributed by atoms with Crippen molar-refractivity contribution in [1.29, 1.82) is 0 Å². The lowest BCUT2D eigenvalue weighted by molar-refractivity contribution is 0.398. The maximum Gasteiger partial charge on any atom is 0.213 e. The minimum atomic E-state index is 0.583. The molecule has 0 aromatic carbocycles. The average Bonchev–Trinajstić information content (AvgIpc) is 2.38. The second-order valence-corrected chi connectivity index (χ2v) is 4.64. The maximum absolute atomic E-state index is 5.12. The molecule has 0 saturated carbocycles. The first kappa shape index (κ1) is 13.0. The fourth-order valence-electron chi connectivity index (χ4n) is 1.63. The minimum Gasteiger partial charge on any atom is -0.481 e. The van der Waals surface area contributed by atoms with Gasteiger partial charge in [0.25, 0.3) is 0 Å². The Hall–Kier alpha value is -1.49. The molecule has 0 atom stereocenters. The first-order chi connectivity index (χ1) is 8.72. The van der Waals surface area contributed by atoms with Crippen molar-refractivity contribution in [2.24, 2.45) is 0 Å². The van der Waals surface area contributed by atoms with E-state index < -0.39 is 0 Å². The number of hydrogen-bond donors (Lipinski definition) is 0. The number of aryl methyl sites for hydroxylation is 1. The van der Waals surface area contributed by atoms with Gasteiger partial charge in [-0.15, -0.1) is 0 Å². The van der Waals surface area contributed by atoms with Gasteiger partial charge in [-0.3, -0.25) is 0 Å². The van der Waals surface area contributed by atoms with Crippen LogP contribution in [0.3, 0.4) is 0 Å². The van der Waals surface area contributed by atoms with E-state index in [1.807, 2.05) is 18.2 Å². The van der Waals surface area contributed by atoms with Gasteiger partial charge in [-0.25, -0.2) is 15.0 Å². The van der Waals surface area contributed by atoms with Crippen molar-refractivity contribution < 1.29 is 4.74 Å². The molecule has 2 aromatic rings. The first-order valence-electron chi connectivity index (χ1n) is 5.76. The quantitative estimate of drug-likeness (QED) is 0.813. The molecule has 0 aliphatic carbocycles. The van der Waals surface area contributed by atoms with Gasteiger partial charge in [0.15, 0.2) is 0 Å². The Labute approximate surface area is 115 Å². The lowest BCUT2D eigenvalue weighted by Crippen LogP contribution is -1.97.